The van der Waals surface area contributed by atoms with E-state index in [1.807, 2.05) is 0 Å². The topological polar surface area (TPSA) is 35.5 Å². The Morgan fingerprint density at radius 3 is 2.50 bits per heavy atom. The van der Waals surface area contributed by atoms with Gasteiger partial charge >= 0.3 is 12.1 Å². The summed E-state index contributed by atoms with van der Waals surface area (Å²) in [6.07, 6.45) is -2.54. The SMILES string of the molecule is O=C(OF)C(F)(F)OCC1CC1. The molecule has 0 radical (unpaired) electrons. The largest absolute Gasteiger partial charge is 0.459 e. The van der Waals surface area contributed by atoms with Crippen LogP contribution in [0.1, 0.15) is 12.8 Å². The van der Waals surface area contributed by atoms with Crippen molar-refractivity contribution in [3.63, 3.8) is 0 Å². The number of rotatable bonds is 4. The third-order valence-corrected chi connectivity index (χ3v) is 1.50. The fraction of sp³-hybridized carbons (Fsp3) is 0.833. The van der Waals surface area contributed by atoms with Crippen LogP contribution in [0.2, 0.25) is 0 Å². The molecule has 0 atom stereocenters. The van der Waals surface area contributed by atoms with Gasteiger partial charge in [-0.2, -0.15) is 8.78 Å². The number of hydrogen-bond acceptors (Lipinski definition) is 3. The van der Waals surface area contributed by atoms with Gasteiger partial charge in [0.1, 0.15) is 0 Å². The Balaban J connectivity index is 2.29. The highest BCUT2D eigenvalue weighted by molar-refractivity contribution is 5.75. The summed E-state index contributed by atoms with van der Waals surface area (Å²) in [7, 11) is 0. The summed E-state index contributed by atoms with van der Waals surface area (Å²) < 4.78 is 39.4. The lowest BCUT2D eigenvalue weighted by atomic mass is 10.5. The predicted octanol–water partition coefficient (Wildman–Crippen LogP) is 1.43. The molecule has 0 saturated heterocycles. The van der Waals surface area contributed by atoms with Crippen LogP contribution in [0.15, 0.2) is 0 Å². The van der Waals surface area contributed by atoms with Gasteiger partial charge in [0, 0.05) is 4.53 Å². The Morgan fingerprint density at radius 2 is 2.08 bits per heavy atom. The van der Waals surface area contributed by atoms with Gasteiger partial charge in [-0.25, -0.2) is 9.74 Å². The van der Waals surface area contributed by atoms with Crippen molar-refractivity contribution >= 4 is 5.97 Å². The Bertz CT molecular complexity index is 179. The summed E-state index contributed by atoms with van der Waals surface area (Å²) in [5.74, 6) is -2.23. The first-order chi connectivity index (χ1) is 5.56. The number of halogens is 3. The maximum absolute atomic E-state index is 12.3. The second kappa shape index (κ2) is 3.30. The molecule has 1 rings (SSSR count). The molecule has 1 aliphatic rings. The van der Waals surface area contributed by atoms with Crippen molar-refractivity contribution in [2.75, 3.05) is 6.61 Å². The van der Waals surface area contributed by atoms with Crippen LogP contribution in [0.4, 0.5) is 13.3 Å². The Morgan fingerprint density at radius 1 is 1.50 bits per heavy atom. The van der Waals surface area contributed by atoms with Gasteiger partial charge < -0.3 is 4.74 Å². The summed E-state index contributed by atoms with van der Waals surface area (Å²) in [6.45, 7) is -0.234. The third-order valence-electron chi connectivity index (χ3n) is 1.50. The quantitative estimate of drug-likeness (QED) is 0.663. The molecule has 6 heteroatoms. The van der Waals surface area contributed by atoms with Crippen LogP contribution in [0.25, 0.3) is 0 Å². The molecule has 0 aromatic carbocycles. The second-order valence-electron chi connectivity index (χ2n) is 2.64. The van der Waals surface area contributed by atoms with Crippen molar-refractivity contribution in [3.8, 4) is 0 Å². The monoisotopic (exact) mass is 184 g/mol. The third kappa shape index (κ3) is 2.37. The molecule has 70 valence electrons. The van der Waals surface area contributed by atoms with E-state index < -0.39 is 12.1 Å². The van der Waals surface area contributed by atoms with Gasteiger partial charge in [0.15, 0.2) is 0 Å². The van der Waals surface area contributed by atoms with Crippen molar-refractivity contribution in [2.24, 2.45) is 5.92 Å². The van der Waals surface area contributed by atoms with Crippen molar-refractivity contribution < 1.29 is 27.8 Å². The summed E-state index contributed by atoms with van der Waals surface area (Å²) in [5.41, 5.74) is 0. The van der Waals surface area contributed by atoms with Gasteiger partial charge in [0.05, 0.1) is 6.61 Å². The lowest BCUT2D eigenvalue weighted by Crippen LogP contribution is -2.33. The van der Waals surface area contributed by atoms with E-state index >= 15 is 0 Å². The van der Waals surface area contributed by atoms with E-state index in [2.05, 4.69) is 9.68 Å². The molecule has 0 spiro atoms. The second-order valence-corrected chi connectivity index (χ2v) is 2.64. The lowest BCUT2D eigenvalue weighted by molar-refractivity contribution is -0.274. The number of ether oxygens (including phenoxy) is 1. The van der Waals surface area contributed by atoms with Gasteiger partial charge in [0.2, 0.25) is 0 Å². The van der Waals surface area contributed by atoms with E-state index in [-0.39, 0.29) is 12.5 Å². The average molecular weight is 184 g/mol. The smallest absolute Gasteiger partial charge is 0.311 e. The summed E-state index contributed by atoms with van der Waals surface area (Å²) >= 11 is 0. The zero-order valence-corrected chi connectivity index (χ0v) is 6.06. The Labute approximate surface area is 66.3 Å². The molecule has 0 aromatic heterocycles. The van der Waals surface area contributed by atoms with Gasteiger partial charge in [-0.15, -0.1) is 0 Å². The zero-order chi connectivity index (χ0) is 9.19. The van der Waals surface area contributed by atoms with Crippen LogP contribution in [-0.4, -0.2) is 18.7 Å². The van der Waals surface area contributed by atoms with Crippen LogP contribution in [0.3, 0.4) is 0 Å². The summed E-state index contributed by atoms with van der Waals surface area (Å²) in [4.78, 5) is 12.3. The lowest BCUT2D eigenvalue weighted by Gasteiger charge is -2.11. The Kier molecular flexibility index (Phi) is 2.56. The standard InChI is InChI=1S/C6H7F3O3/c7-6(8,5(10)12-9)11-3-4-1-2-4/h4H,1-3H2. The van der Waals surface area contributed by atoms with Gasteiger partial charge in [-0.05, 0) is 18.8 Å². The molecule has 0 unspecified atom stereocenters. The first-order valence-electron chi connectivity index (χ1n) is 3.41. The fourth-order valence-corrected chi connectivity index (χ4v) is 0.611. The van der Waals surface area contributed by atoms with Gasteiger partial charge in [-0.1, -0.05) is 0 Å². The van der Waals surface area contributed by atoms with Crippen LogP contribution in [0.5, 0.6) is 0 Å². The van der Waals surface area contributed by atoms with Crippen LogP contribution in [-0.2, 0) is 14.5 Å². The molecule has 1 saturated carbocycles. The highest BCUT2D eigenvalue weighted by Gasteiger charge is 2.45. The molecular formula is C6H7F3O3. The van der Waals surface area contributed by atoms with E-state index in [0.29, 0.717) is 0 Å². The molecule has 0 aromatic rings. The normalized spacial score (nSPS) is 17.6. The predicted molar refractivity (Wildman–Crippen MR) is 30.8 cm³/mol. The van der Waals surface area contributed by atoms with Gasteiger partial charge in [0.25, 0.3) is 0 Å². The zero-order valence-electron chi connectivity index (χ0n) is 6.06. The number of carbonyl (C=O) groups excluding carboxylic acids is 1. The maximum atomic E-state index is 12.3. The fourth-order valence-electron chi connectivity index (χ4n) is 0.611. The van der Waals surface area contributed by atoms with Crippen LogP contribution < -0.4 is 0 Å². The van der Waals surface area contributed by atoms with Crippen molar-refractivity contribution in [1.29, 1.82) is 0 Å². The molecule has 12 heavy (non-hydrogen) atoms. The first-order valence-corrected chi connectivity index (χ1v) is 3.41. The minimum Gasteiger partial charge on any atom is -0.311 e. The number of hydrogen-bond donors (Lipinski definition) is 0. The van der Waals surface area contributed by atoms with Crippen molar-refractivity contribution in [1.82, 2.24) is 0 Å². The minimum absolute atomic E-state index is 0.0725. The van der Waals surface area contributed by atoms with E-state index in [1.165, 1.54) is 0 Å². The molecule has 3 nitrogen and oxygen atoms in total. The highest BCUT2D eigenvalue weighted by Crippen LogP contribution is 2.31. The van der Waals surface area contributed by atoms with E-state index in [9.17, 15) is 18.1 Å². The van der Waals surface area contributed by atoms with Crippen LogP contribution >= 0.6 is 0 Å². The first kappa shape index (κ1) is 9.31. The average Bonchev–Trinajstić information content (AvgIpc) is 2.82. The molecule has 1 fully saturated rings. The van der Waals surface area contributed by atoms with Crippen molar-refractivity contribution in [3.05, 3.63) is 0 Å². The van der Waals surface area contributed by atoms with E-state index in [4.69, 9.17) is 0 Å². The molecule has 0 bridgehead atoms. The molecule has 1 aliphatic carbocycles. The summed E-state index contributed by atoms with van der Waals surface area (Å²) in [6, 6.07) is 0. The van der Waals surface area contributed by atoms with Gasteiger partial charge in [-0.3, -0.25) is 0 Å². The molecular weight excluding hydrogens is 177 g/mol. The molecule has 0 amide bonds. The minimum atomic E-state index is -4.16. The van der Waals surface area contributed by atoms with E-state index in [1.54, 1.807) is 0 Å². The highest BCUT2D eigenvalue weighted by atomic mass is 19.3. The van der Waals surface area contributed by atoms with Crippen molar-refractivity contribution in [2.45, 2.75) is 19.0 Å². The number of carbonyl (C=O) groups is 1. The molecule has 0 N–H and O–H groups in total. The number of alkyl halides is 2. The Hall–Kier alpha value is -0.780. The van der Waals surface area contributed by atoms with Crippen LogP contribution in [0, 0.1) is 5.92 Å². The summed E-state index contributed by atoms with van der Waals surface area (Å²) in [5, 5.41) is 0. The molecule has 0 heterocycles. The van der Waals surface area contributed by atoms with E-state index in [0.717, 1.165) is 12.8 Å². The molecule has 0 aliphatic heterocycles. The maximum Gasteiger partial charge on any atom is 0.459 e.